The molecular weight excluding hydrogens is 283 g/mol. The topological polar surface area (TPSA) is 52.8 Å². The van der Waals surface area contributed by atoms with Crippen LogP contribution in [-0.4, -0.2) is 27.3 Å². The molecule has 0 unspecified atom stereocenters. The van der Waals surface area contributed by atoms with Crippen molar-refractivity contribution in [2.24, 2.45) is 0 Å². The molecular formula is C16H15FN4O. The second kappa shape index (κ2) is 5.93. The molecule has 3 aromatic rings. The van der Waals surface area contributed by atoms with Crippen LogP contribution in [0.3, 0.4) is 0 Å². The minimum absolute atomic E-state index is 0.291. The summed E-state index contributed by atoms with van der Waals surface area (Å²) in [5.74, 6) is 0.819. The van der Waals surface area contributed by atoms with Crippen LogP contribution in [0.2, 0.25) is 0 Å². The van der Waals surface area contributed by atoms with Crippen LogP contribution in [0.4, 0.5) is 4.39 Å². The first-order valence-electron chi connectivity index (χ1n) is 6.83. The zero-order chi connectivity index (χ0) is 15.5. The van der Waals surface area contributed by atoms with Crippen LogP contribution in [-0.2, 0) is 6.54 Å². The number of ether oxygens (including phenoxy) is 1. The maximum absolute atomic E-state index is 13.4. The van der Waals surface area contributed by atoms with Crippen molar-refractivity contribution in [2.75, 3.05) is 7.11 Å². The first-order valence-corrected chi connectivity index (χ1v) is 6.83. The number of aromatic nitrogens is 4. The highest BCUT2D eigenvalue weighted by molar-refractivity contribution is 5.58. The quantitative estimate of drug-likeness (QED) is 0.743. The van der Waals surface area contributed by atoms with Gasteiger partial charge in [0.15, 0.2) is 0 Å². The summed E-state index contributed by atoms with van der Waals surface area (Å²) in [4.78, 5) is 1.43. The highest BCUT2D eigenvalue weighted by Crippen LogP contribution is 2.21. The molecule has 0 N–H and O–H groups in total. The second-order valence-corrected chi connectivity index (χ2v) is 4.91. The SMILES string of the molecule is COc1ccc(F)cc1Cn1nnc(-c2ccccc2C)n1. The molecule has 0 saturated carbocycles. The molecule has 6 heteroatoms. The van der Waals surface area contributed by atoms with E-state index in [9.17, 15) is 4.39 Å². The van der Waals surface area contributed by atoms with E-state index < -0.39 is 0 Å². The van der Waals surface area contributed by atoms with E-state index in [4.69, 9.17) is 4.74 Å². The fourth-order valence-electron chi connectivity index (χ4n) is 2.26. The first kappa shape index (κ1) is 14.2. The molecule has 5 nitrogen and oxygen atoms in total. The number of rotatable bonds is 4. The van der Waals surface area contributed by atoms with Gasteiger partial charge in [-0.1, -0.05) is 24.3 Å². The van der Waals surface area contributed by atoms with Gasteiger partial charge in [0.05, 0.1) is 13.7 Å². The summed E-state index contributed by atoms with van der Waals surface area (Å²) in [5, 5.41) is 12.5. The number of nitrogens with zero attached hydrogens (tertiary/aromatic N) is 4. The van der Waals surface area contributed by atoms with Crippen LogP contribution in [0.25, 0.3) is 11.4 Å². The van der Waals surface area contributed by atoms with Crippen molar-refractivity contribution < 1.29 is 9.13 Å². The van der Waals surface area contributed by atoms with Gasteiger partial charge < -0.3 is 4.74 Å². The molecule has 0 radical (unpaired) electrons. The van der Waals surface area contributed by atoms with Crippen LogP contribution in [0.1, 0.15) is 11.1 Å². The van der Waals surface area contributed by atoms with E-state index >= 15 is 0 Å². The monoisotopic (exact) mass is 298 g/mol. The number of hydrogen-bond donors (Lipinski definition) is 0. The first-order chi connectivity index (χ1) is 10.7. The summed E-state index contributed by atoms with van der Waals surface area (Å²) < 4.78 is 18.6. The van der Waals surface area contributed by atoms with Crippen molar-refractivity contribution >= 4 is 0 Å². The molecule has 0 fully saturated rings. The Labute approximate surface area is 127 Å². The minimum atomic E-state index is -0.324. The van der Waals surface area contributed by atoms with Crippen LogP contribution in [0.15, 0.2) is 42.5 Å². The number of aryl methyl sites for hydroxylation is 1. The third kappa shape index (κ3) is 2.81. The van der Waals surface area contributed by atoms with Gasteiger partial charge >= 0.3 is 0 Å². The highest BCUT2D eigenvalue weighted by atomic mass is 19.1. The van der Waals surface area contributed by atoms with E-state index in [1.165, 1.54) is 16.9 Å². The second-order valence-electron chi connectivity index (χ2n) is 4.91. The van der Waals surface area contributed by atoms with Crippen molar-refractivity contribution in [3.8, 4) is 17.1 Å². The molecule has 0 bridgehead atoms. The standard InChI is InChI=1S/C16H15FN4O/c1-11-5-3-4-6-14(11)16-18-20-21(19-16)10-12-9-13(17)7-8-15(12)22-2/h3-9H,10H2,1-2H3. The number of methoxy groups -OCH3 is 1. The lowest BCUT2D eigenvalue weighted by atomic mass is 10.1. The summed E-state index contributed by atoms with van der Waals surface area (Å²) in [7, 11) is 1.55. The zero-order valence-electron chi connectivity index (χ0n) is 12.3. The fraction of sp³-hybridized carbons (Fsp3) is 0.188. The maximum Gasteiger partial charge on any atom is 0.205 e. The number of benzene rings is 2. The zero-order valence-corrected chi connectivity index (χ0v) is 12.3. The molecule has 0 amide bonds. The van der Waals surface area contributed by atoms with Crippen LogP contribution < -0.4 is 4.74 Å². The molecule has 22 heavy (non-hydrogen) atoms. The number of tetrazole rings is 1. The van der Waals surface area contributed by atoms with Gasteiger partial charge in [-0.15, -0.1) is 10.2 Å². The largest absolute Gasteiger partial charge is 0.496 e. The van der Waals surface area contributed by atoms with Gasteiger partial charge in [0.1, 0.15) is 11.6 Å². The Morgan fingerprint density at radius 1 is 1.18 bits per heavy atom. The average Bonchev–Trinajstić information content (AvgIpc) is 2.96. The van der Waals surface area contributed by atoms with Gasteiger partial charge in [-0.25, -0.2) is 4.39 Å². The minimum Gasteiger partial charge on any atom is -0.496 e. The molecule has 0 aliphatic heterocycles. The lowest BCUT2D eigenvalue weighted by Gasteiger charge is -2.07. The Balaban J connectivity index is 1.89. The van der Waals surface area contributed by atoms with Gasteiger partial charge in [0.2, 0.25) is 5.82 Å². The Hall–Kier alpha value is -2.76. The molecule has 2 aromatic carbocycles. The molecule has 1 heterocycles. The Morgan fingerprint density at radius 2 is 2.00 bits per heavy atom. The van der Waals surface area contributed by atoms with Crippen molar-refractivity contribution in [3.63, 3.8) is 0 Å². The predicted molar refractivity (Wildman–Crippen MR) is 80.0 cm³/mol. The highest BCUT2D eigenvalue weighted by Gasteiger charge is 2.11. The summed E-state index contributed by atoms with van der Waals surface area (Å²) in [6.07, 6.45) is 0. The lowest BCUT2D eigenvalue weighted by molar-refractivity contribution is 0.403. The van der Waals surface area contributed by atoms with Crippen molar-refractivity contribution in [1.82, 2.24) is 20.2 Å². The third-order valence-electron chi connectivity index (χ3n) is 3.39. The van der Waals surface area contributed by atoms with Crippen LogP contribution in [0, 0.1) is 12.7 Å². The molecule has 0 aliphatic rings. The van der Waals surface area contributed by atoms with Crippen LogP contribution >= 0.6 is 0 Å². The maximum atomic E-state index is 13.4. The molecule has 1 aromatic heterocycles. The van der Waals surface area contributed by atoms with Gasteiger partial charge in [-0.2, -0.15) is 4.80 Å². The molecule has 0 atom stereocenters. The molecule has 112 valence electrons. The van der Waals surface area contributed by atoms with E-state index in [2.05, 4.69) is 15.4 Å². The summed E-state index contributed by atoms with van der Waals surface area (Å²) in [6, 6.07) is 12.2. The summed E-state index contributed by atoms with van der Waals surface area (Å²) in [5.41, 5.74) is 2.67. The molecule has 0 spiro atoms. The summed E-state index contributed by atoms with van der Waals surface area (Å²) in [6.45, 7) is 2.28. The smallest absolute Gasteiger partial charge is 0.205 e. The van der Waals surface area contributed by atoms with Crippen molar-refractivity contribution in [1.29, 1.82) is 0 Å². The Kier molecular flexibility index (Phi) is 3.82. The molecule has 0 saturated heterocycles. The van der Waals surface area contributed by atoms with Crippen molar-refractivity contribution in [2.45, 2.75) is 13.5 Å². The number of halogens is 1. The van der Waals surface area contributed by atoms with Gasteiger partial charge in [-0.05, 0) is 35.9 Å². The van der Waals surface area contributed by atoms with Gasteiger partial charge in [0, 0.05) is 11.1 Å². The van der Waals surface area contributed by atoms with E-state index in [0.717, 1.165) is 11.1 Å². The summed E-state index contributed by atoms with van der Waals surface area (Å²) >= 11 is 0. The fourth-order valence-corrected chi connectivity index (χ4v) is 2.26. The van der Waals surface area contributed by atoms with Gasteiger partial charge in [-0.3, -0.25) is 0 Å². The molecule has 3 rings (SSSR count). The van der Waals surface area contributed by atoms with Crippen molar-refractivity contribution in [3.05, 3.63) is 59.4 Å². The van der Waals surface area contributed by atoms with E-state index in [1.54, 1.807) is 13.2 Å². The average molecular weight is 298 g/mol. The molecule has 0 aliphatic carbocycles. The normalized spacial score (nSPS) is 10.7. The predicted octanol–water partition coefficient (Wildman–Crippen LogP) is 2.84. The van der Waals surface area contributed by atoms with E-state index in [-0.39, 0.29) is 5.82 Å². The lowest BCUT2D eigenvalue weighted by Crippen LogP contribution is -2.06. The Bertz CT molecular complexity index is 800. The number of hydrogen-bond acceptors (Lipinski definition) is 4. The third-order valence-corrected chi connectivity index (χ3v) is 3.39. The Morgan fingerprint density at radius 3 is 2.77 bits per heavy atom. The van der Waals surface area contributed by atoms with E-state index in [1.807, 2.05) is 31.2 Å². The van der Waals surface area contributed by atoms with E-state index in [0.29, 0.717) is 23.7 Å². The van der Waals surface area contributed by atoms with Crippen LogP contribution in [0.5, 0.6) is 5.75 Å². The van der Waals surface area contributed by atoms with Gasteiger partial charge in [0.25, 0.3) is 0 Å².